The number of carbonyl (C=O) groups is 1. The summed E-state index contributed by atoms with van der Waals surface area (Å²) >= 11 is 1.64. The minimum Gasteiger partial charge on any atom is -0.466 e. The molecule has 1 N–H and O–H groups in total. The van der Waals surface area contributed by atoms with E-state index in [0.29, 0.717) is 19.8 Å². The average molecular weight is 372 g/mol. The van der Waals surface area contributed by atoms with Gasteiger partial charge in [-0.05, 0) is 31.2 Å². The summed E-state index contributed by atoms with van der Waals surface area (Å²) in [5.41, 5.74) is 1.88. The van der Waals surface area contributed by atoms with Gasteiger partial charge in [0.1, 0.15) is 12.3 Å². The van der Waals surface area contributed by atoms with Crippen molar-refractivity contribution in [2.75, 3.05) is 19.8 Å². The maximum atomic E-state index is 11.8. The smallest absolute Gasteiger partial charge is 0.310 e. The summed E-state index contributed by atoms with van der Waals surface area (Å²) < 4.78 is 5.09. The van der Waals surface area contributed by atoms with E-state index in [4.69, 9.17) is 9.57 Å². The van der Waals surface area contributed by atoms with Crippen LogP contribution in [-0.4, -0.2) is 37.5 Å². The lowest BCUT2D eigenvalue weighted by Crippen LogP contribution is -2.44. The lowest BCUT2D eigenvalue weighted by atomic mass is 9.95. The summed E-state index contributed by atoms with van der Waals surface area (Å²) in [4.78, 5) is 18.5. The van der Waals surface area contributed by atoms with Crippen LogP contribution in [0.4, 0.5) is 0 Å². The zero-order valence-electron chi connectivity index (χ0n) is 14.9. The quantitative estimate of drug-likeness (QED) is 0.459. The third-order valence-electron chi connectivity index (χ3n) is 4.37. The van der Waals surface area contributed by atoms with Crippen molar-refractivity contribution >= 4 is 23.0 Å². The molecule has 5 nitrogen and oxygen atoms in total. The number of rotatable bonds is 7. The Morgan fingerprint density at radius 1 is 1.23 bits per heavy atom. The SMILES string of the molecule is CCOC(=O)[C@@H]1CC[C@H](CO/N=C(/c2ccccc2)c2cccs2)NC1. The number of ether oxygens (including phenoxy) is 1. The highest BCUT2D eigenvalue weighted by atomic mass is 32.1. The minimum atomic E-state index is -0.110. The Kier molecular flexibility index (Phi) is 6.80. The molecule has 0 spiro atoms. The molecule has 0 aliphatic carbocycles. The van der Waals surface area contributed by atoms with E-state index in [0.717, 1.165) is 29.0 Å². The van der Waals surface area contributed by atoms with E-state index < -0.39 is 0 Å². The predicted octanol–water partition coefficient (Wildman–Crippen LogP) is 3.45. The molecule has 0 unspecified atom stereocenters. The van der Waals surface area contributed by atoms with Crippen LogP contribution in [0.25, 0.3) is 0 Å². The largest absolute Gasteiger partial charge is 0.466 e. The van der Waals surface area contributed by atoms with Crippen LogP contribution in [0.5, 0.6) is 0 Å². The molecule has 1 aliphatic heterocycles. The molecule has 2 atom stereocenters. The molecule has 1 aliphatic rings. The van der Waals surface area contributed by atoms with Gasteiger partial charge in [-0.15, -0.1) is 11.3 Å². The van der Waals surface area contributed by atoms with Crippen molar-refractivity contribution in [2.24, 2.45) is 11.1 Å². The minimum absolute atomic E-state index is 0.0549. The van der Waals surface area contributed by atoms with Crippen molar-refractivity contribution in [3.8, 4) is 0 Å². The molecule has 0 amide bonds. The van der Waals surface area contributed by atoms with E-state index in [2.05, 4.69) is 10.5 Å². The van der Waals surface area contributed by atoms with Gasteiger partial charge in [0, 0.05) is 18.2 Å². The maximum Gasteiger partial charge on any atom is 0.310 e. The first-order chi connectivity index (χ1) is 12.8. The fourth-order valence-electron chi connectivity index (χ4n) is 2.96. The summed E-state index contributed by atoms with van der Waals surface area (Å²) in [6, 6.07) is 14.3. The Balaban J connectivity index is 1.56. The summed E-state index contributed by atoms with van der Waals surface area (Å²) in [5, 5.41) is 9.81. The zero-order chi connectivity index (χ0) is 18.2. The van der Waals surface area contributed by atoms with Gasteiger partial charge in [0.05, 0.1) is 17.4 Å². The normalized spacial score (nSPS) is 20.6. The first-order valence-corrected chi connectivity index (χ1v) is 9.85. The molecular formula is C20H24N2O3S. The van der Waals surface area contributed by atoms with Crippen LogP contribution in [-0.2, 0) is 14.4 Å². The highest BCUT2D eigenvalue weighted by Crippen LogP contribution is 2.18. The molecule has 1 aromatic heterocycles. The van der Waals surface area contributed by atoms with Gasteiger partial charge in [0.15, 0.2) is 0 Å². The van der Waals surface area contributed by atoms with Crippen LogP contribution < -0.4 is 5.32 Å². The van der Waals surface area contributed by atoms with Gasteiger partial charge < -0.3 is 14.9 Å². The highest BCUT2D eigenvalue weighted by molar-refractivity contribution is 7.12. The average Bonchev–Trinajstić information content (AvgIpc) is 3.21. The Morgan fingerprint density at radius 3 is 2.73 bits per heavy atom. The van der Waals surface area contributed by atoms with E-state index >= 15 is 0 Å². The van der Waals surface area contributed by atoms with Crippen LogP contribution >= 0.6 is 11.3 Å². The second-order valence-electron chi connectivity index (χ2n) is 6.21. The van der Waals surface area contributed by atoms with Crippen LogP contribution in [0, 0.1) is 5.92 Å². The number of esters is 1. The van der Waals surface area contributed by atoms with Gasteiger partial charge in [-0.25, -0.2) is 0 Å². The van der Waals surface area contributed by atoms with Gasteiger partial charge >= 0.3 is 5.97 Å². The second kappa shape index (κ2) is 9.50. The molecule has 2 heterocycles. The predicted molar refractivity (Wildman–Crippen MR) is 103 cm³/mol. The molecule has 0 radical (unpaired) electrons. The molecule has 1 fully saturated rings. The standard InChI is InChI=1S/C20H24N2O3S/c1-2-24-20(23)16-10-11-17(21-13-16)14-25-22-19(18-9-6-12-26-18)15-7-4-3-5-8-15/h3-9,12,16-17,21H,2,10-11,13-14H2,1H3/b22-19-/t16-,17-/m1/s1. The maximum absolute atomic E-state index is 11.8. The van der Waals surface area contributed by atoms with Crippen molar-refractivity contribution in [2.45, 2.75) is 25.8 Å². The van der Waals surface area contributed by atoms with Gasteiger partial charge in [-0.1, -0.05) is 41.6 Å². The lowest BCUT2D eigenvalue weighted by molar-refractivity contribution is -0.148. The van der Waals surface area contributed by atoms with E-state index in [1.54, 1.807) is 11.3 Å². The molecule has 3 rings (SSSR count). The van der Waals surface area contributed by atoms with Gasteiger partial charge in [-0.2, -0.15) is 0 Å². The molecule has 26 heavy (non-hydrogen) atoms. The van der Waals surface area contributed by atoms with Gasteiger partial charge in [-0.3, -0.25) is 4.79 Å². The van der Waals surface area contributed by atoms with E-state index in [-0.39, 0.29) is 17.9 Å². The summed E-state index contributed by atoms with van der Waals surface area (Å²) in [6.45, 7) is 3.38. The van der Waals surface area contributed by atoms with E-state index in [1.807, 2.05) is 54.8 Å². The van der Waals surface area contributed by atoms with Crippen LogP contribution in [0.15, 0.2) is 53.0 Å². The van der Waals surface area contributed by atoms with E-state index in [1.165, 1.54) is 0 Å². The number of thiophene rings is 1. The van der Waals surface area contributed by atoms with Crippen molar-refractivity contribution in [3.63, 3.8) is 0 Å². The monoisotopic (exact) mass is 372 g/mol. The van der Waals surface area contributed by atoms with Crippen LogP contribution in [0.3, 0.4) is 0 Å². The molecule has 6 heteroatoms. The molecule has 0 saturated carbocycles. The number of hydrogen-bond acceptors (Lipinski definition) is 6. The number of piperidine rings is 1. The number of oxime groups is 1. The topological polar surface area (TPSA) is 59.9 Å². The third kappa shape index (κ3) is 4.93. The van der Waals surface area contributed by atoms with Gasteiger partial charge in [0.25, 0.3) is 0 Å². The summed E-state index contributed by atoms with van der Waals surface area (Å²) in [5.74, 6) is -0.165. The molecule has 0 bridgehead atoms. The summed E-state index contributed by atoms with van der Waals surface area (Å²) in [7, 11) is 0. The number of carbonyl (C=O) groups excluding carboxylic acids is 1. The molecule has 1 aromatic carbocycles. The molecular weight excluding hydrogens is 348 g/mol. The number of nitrogens with one attached hydrogen (secondary N) is 1. The zero-order valence-corrected chi connectivity index (χ0v) is 15.7. The fourth-order valence-corrected chi connectivity index (χ4v) is 3.69. The highest BCUT2D eigenvalue weighted by Gasteiger charge is 2.27. The molecule has 1 saturated heterocycles. The Hall–Kier alpha value is -2.18. The molecule has 2 aromatic rings. The van der Waals surface area contributed by atoms with Gasteiger partial charge in [0.2, 0.25) is 0 Å². The molecule has 138 valence electrons. The second-order valence-corrected chi connectivity index (χ2v) is 7.16. The van der Waals surface area contributed by atoms with E-state index in [9.17, 15) is 4.79 Å². The van der Waals surface area contributed by atoms with Crippen molar-refractivity contribution in [3.05, 3.63) is 58.3 Å². The first kappa shape index (κ1) is 18.6. The third-order valence-corrected chi connectivity index (χ3v) is 5.25. The Bertz CT molecular complexity index is 708. The number of hydrogen-bond donors (Lipinski definition) is 1. The van der Waals surface area contributed by atoms with Crippen LogP contribution in [0.2, 0.25) is 0 Å². The number of nitrogens with zero attached hydrogens (tertiary/aromatic N) is 1. The van der Waals surface area contributed by atoms with Crippen molar-refractivity contribution < 1.29 is 14.4 Å². The van der Waals surface area contributed by atoms with Crippen molar-refractivity contribution in [1.29, 1.82) is 0 Å². The fraction of sp³-hybridized carbons (Fsp3) is 0.400. The first-order valence-electron chi connectivity index (χ1n) is 8.97. The number of benzene rings is 1. The lowest BCUT2D eigenvalue weighted by Gasteiger charge is -2.27. The van der Waals surface area contributed by atoms with Crippen LogP contribution in [0.1, 0.15) is 30.2 Å². The Morgan fingerprint density at radius 2 is 2.08 bits per heavy atom. The Labute approximate surface area is 158 Å². The van der Waals surface area contributed by atoms with Crippen molar-refractivity contribution in [1.82, 2.24) is 5.32 Å². The summed E-state index contributed by atoms with van der Waals surface area (Å²) in [6.07, 6.45) is 1.69.